The van der Waals surface area contributed by atoms with E-state index in [9.17, 15) is 20.0 Å². The number of hydrogen-bond acceptors (Lipinski definition) is 6. The Morgan fingerprint density at radius 1 is 1.30 bits per heavy atom. The van der Waals surface area contributed by atoms with Gasteiger partial charge >= 0.3 is 11.8 Å². The summed E-state index contributed by atoms with van der Waals surface area (Å²) in [7, 11) is 0. The predicted molar refractivity (Wildman–Crippen MR) is 112 cm³/mol. The lowest BCUT2D eigenvalue weighted by molar-refractivity contribution is -0.386. The maximum absolute atomic E-state index is 11.6. The maximum atomic E-state index is 11.6. The lowest BCUT2D eigenvalue weighted by atomic mass is 9.72. The normalized spacial score (nSPS) is 21.7. The summed E-state index contributed by atoms with van der Waals surface area (Å²) >= 11 is 0. The van der Waals surface area contributed by atoms with Gasteiger partial charge in [0.05, 0.1) is 17.1 Å². The lowest BCUT2D eigenvalue weighted by Gasteiger charge is -2.46. The topological polar surface area (TPSA) is 102 Å². The molecule has 1 unspecified atom stereocenters. The Hall–Kier alpha value is -2.61. The van der Waals surface area contributed by atoms with Crippen LogP contribution >= 0.6 is 0 Å². The van der Waals surface area contributed by atoms with Crippen LogP contribution in [0.25, 0.3) is 5.57 Å². The summed E-state index contributed by atoms with van der Waals surface area (Å²) < 4.78 is 5.86. The number of aryl methyl sites for hydroxylation is 1. The molecular formula is C22H30N2O6. The Bertz CT molecular complexity index is 896. The summed E-state index contributed by atoms with van der Waals surface area (Å²) in [6.45, 7) is 12.3. The third kappa shape index (κ3) is 4.59. The number of nitrogens with zero attached hydrogens (tertiary/aromatic N) is 2. The quantitative estimate of drug-likeness (QED) is 0.518. The van der Waals surface area contributed by atoms with Crippen LogP contribution in [0.1, 0.15) is 58.6 Å². The molecule has 0 spiro atoms. The first-order chi connectivity index (χ1) is 13.8. The van der Waals surface area contributed by atoms with Gasteiger partial charge in [0, 0.05) is 18.0 Å². The molecule has 1 heterocycles. The highest BCUT2D eigenvalue weighted by Crippen LogP contribution is 2.46. The van der Waals surface area contributed by atoms with Crippen molar-refractivity contribution in [3.63, 3.8) is 0 Å². The summed E-state index contributed by atoms with van der Waals surface area (Å²) in [6, 6.07) is 3.04. The minimum absolute atomic E-state index is 0.0272. The molecule has 1 aliphatic carbocycles. The monoisotopic (exact) mass is 418 g/mol. The zero-order chi connectivity index (χ0) is 22.4. The molecule has 0 saturated heterocycles. The van der Waals surface area contributed by atoms with E-state index in [0.29, 0.717) is 6.54 Å². The van der Waals surface area contributed by atoms with E-state index >= 15 is 0 Å². The van der Waals surface area contributed by atoms with Crippen molar-refractivity contribution in [1.29, 1.82) is 0 Å². The fourth-order valence-electron chi connectivity index (χ4n) is 3.93. The van der Waals surface area contributed by atoms with Crippen LogP contribution in [-0.4, -0.2) is 39.9 Å². The van der Waals surface area contributed by atoms with E-state index in [1.165, 1.54) is 5.06 Å². The first-order valence-corrected chi connectivity index (χ1v) is 10.2. The summed E-state index contributed by atoms with van der Waals surface area (Å²) in [5, 5.41) is 22.3. The molecule has 1 aliphatic heterocycles. The SMILES string of the molecule is Cc1cc([N+](=O)[O-])c(OC2CC2)cc1C1=CC(C(C)(C)C)N(OC(=O)O)CC1(C)C. The first-order valence-electron chi connectivity index (χ1n) is 10.2. The number of rotatable bonds is 5. The van der Waals surface area contributed by atoms with Crippen molar-refractivity contribution in [2.75, 3.05) is 6.54 Å². The van der Waals surface area contributed by atoms with E-state index in [-0.39, 0.29) is 29.0 Å². The zero-order valence-corrected chi connectivity index (χ0v) is 18.4. The van der Waals surface area contributed by atoms with E-state index in [2.05, 4.69) is 0 Å². The molecule has 1 aromatic carbocycles. The molecule has 1 atom stereocenters. The van der Waals surface area contributed by atoms with Crippen LogP contribution in [0.3, 0.4) is 0 Å². The second-order valence-electron chi connectivity index (χ2n) is 9.92. The molecule has 0 bridgehead atoms. The number of hydroxylamine groups is 2. The first kappa shape index (κ1) is 22.1. The van der Waals surface area contributed by atoms with Gasteiger partial charge < -0.3 is 14.7 Å². The van der Waals surface area contributed by atoms with E-state index in [1.54, 1.807) is 12.1 Å². The van der Waals surface area contributed by atoms with Crippen LogP contribution in [0.15, 0.2) is 18.2 Å². The molecule has 0 aromatic heterocycles. The predicted octanol–water partition coefficient (Wildman–Crippen LogP) is 5.19. The van der Waals surface area contributed by atoms with E-state index < -0.39 is 16.5 Å². The Labute approximate surface area is 176 Å². The highest BCUT2D eigenvalue weighted by molar-refractivity contribution is 5.76. The largest absolute Gasteiger partial charge is 0.525 e. The van der Waals surface area contributed by atoms with Gasteiger partial charge in [-0.3, -0.25) is 10.1 Å². The van der Waals surface area contributed by atoms with Gasteiger partial charge in [0.15, 0.2) is 5.75 Å². The Balaban J connectivity index is 2.13. The molecule has 164 valence electrons. The molecule has 0 amide bonds. The molecule has 1 aromatic rings. The van der Waals surface area contributed by atoms with Gasteiger partial charge in [-0.25, -0.2) is 4.79 Å². The van der Waals surface area contributed by atoms with Gasteiger partial charge in [0.2, 0.25) is 0 Å². The zero-order valence-electron chi connectivity index (χ0n) is 18.4. The molecule has 1 fully saturated rings. The highest BCUT2D eigenvalue weighted by Gasteiger charge is 2.43. The van der Waals surface area contributed by atoms with Crippen molar-refractivity contribution < 1.29 is 24.4 Å². The molecule has 0 radical (unpaired) electrons. The second kappa shape index (κ2) is 7.58. The number of nitro groups is 1. The number of benzene rings is 1. The van der Waals surface area contributed by atoms with Crippen LogP contribution in [0.2, 0.25) is 0 Å². The van der Waals surface area contributed by atoms with Crippen molar-refractivity contribution in [3.05, 3.63) is 39.4 Å². The standard InChI is InChI=1S/C22H30N2O6/c1-13-9-17(24(27)28)18(29-14-7-8-14)10-15(13)16-11-19(21(2,3)4)23(30-20(25)26)12-22(16,5)6/h9-11,14,19H,7-8,12H2,1-6H3,(H,25,26). The molecule has 8 nitrogen and oxygen atoms in total. The third-order valence-corrected chi connectivity index (χ3v) is 5.61. The van der Waals surface area contributed by atoms with E-state index in [4.69, 9.17) is 9.57 Å². The summed E-state index contributed by atoms with van der Waals surface area (Å²) in [5.41, 5.74) is 1.89. The lowest BCUT2D eigenvalue weighted by Crippen LogP contribution is -2.51. The third-order valence-electron chi connectivity index (χ3n) is 5.61. The van der Waals surface area contributed by atoms with E-state index in [0.717, 1.165) is 29.5 Å². The molecule has 3 rings (SSSR count). The molecule has 8 heteroatoms. The van der Waals surface area contributed by atoms with Crippen molar-refractivity contribution >= 4 is 17.4 Å². The molecular weight excluding hydrogens is 388 g/mol. The van der Waals surface area contributed by atoms with Gasteiger partial charge in [-0.2, -0.15) is 0 Å². The minimum atomic E-state index is -1.34. The van der Waals surface area contributed by atoms with E-state index in [1.807, 2.05) is 47.6 Å². The van der Waals surface area contributed by atoms with Crippen LogP contribution in [-0.2, 0) is 4.84 Å². The molecule has 1 N–H and O–H groups in total. The van der Waals surface area contributed by atoms with Crippen LogP contribution < -0.4 is 4.74 Å². The average molecular weight is 418 g/mol. The summed E-state index contributed by atoms with van der Waals surface area (Å²) in [6.07, 6.45) is 2.53. The number of hydrogen-bond donors (Lipinski definition) is 1. The summed E-state index contributed by atoms with van der Waals surface area (Å²) in [4.78, 5) is 27.5. The van der Waals surface area contributed by atoms with Crippen molar-refractivity contribution in [1.82, 2.24) is 5.06 Å². The van der Waals surface area contributed by atoms with Crippen molar-refractivity contribution in [2.45, 2.75) is 66.5 Å². The maximum Gasteiger partial charge on any atom is 0.525 e. The van der Waals surface area contributed by atoms with Gasteiger partial charge in [-0.1, -0.05) is 40.7 Å². The van der Waals surface area contributed by atoms with Crippen molar-refractivity contribution in [2.24, 2.45) is 10.8 Å². The van der Waals surface area contributed by atoms with Gasteiger partial charge in [-0.15, -0.1) is 5.06 Å². The van der Waals surface area contributed by atoms with Gasteiger partial charge in [0.1, 0.15) is 0 Å². The Kier molecular flexibility index (Phi) is 5.58. The number of carbonyl (C=O) groups is 1. The number of ether oxygens (including phenoxy) is 1. The van der Waals surface area contributed by atoms with Crippen LogP contribution in [0, 0.1) is 27.9 Å². The molecule has 1 saturated carbocycles. The average Bonchev–Trinajstić information content (AvgIpc) is 3.38. The van der Waals surface area contributed by atoms with Crippen LogP contribution in [0.4, 0.5) is 10.5 Å². The second-order valence-corrected chi connectivity index (χ2v) is 9.92. The Morgan fingerprint density at radius 3 is 2.43 bits per heavy atom. The Morgan fingerprint density at radius 2 is 1.93 bits per heavy atom. The minimum Gasteiger partial charge on any atom is -0.483 e. The smallest absolute Gasteiger partial charge is 0.483 e. The fourth-order valence-corrected chi connectivity index (χ4v) is 3.93. The summed E-state index contributed by atoms with van der Waals surface area (Å²) in [5.74, 6) is 0.288. The van der Waals surface area contributed by atoms with Crippen molar-refractivity contribution in [3.8, 4) is 5.75 Å². The van der Waals surface area contributed by atoms with Gasteiger partial charge in [-0.05, 0) is 47.9 Å². The number of nitro benzene ring substituents is 1. The molecule has 30 heavy (non-hydrogen) atoms. The van der Waals surface area contributed by atoms with Crippen LogP contribution in [0.5, 0.6) is 5.75 Å². The highest BCUT2D eigenvalue weighted by atomic mass is 16.8. The van der Waals surface area contributed by atoms with Gasteiger partial charge in [0.25, 0.3) is 0 Å². The fraction of sp³-hybridized carbons (Fsp3) is 0.591. The molecule has 2 aliphatic rings. The number of carboxylic acid groups (broad SMARTS) is 1.